The van der Waals surface area contributed by atoms with Gasteiger partial charge in [-0.15, -0.1) is 0 Å². The van der Waals surface area contributed by atoms with Crippen LogP contribution in [0.2, 0.25) is 0 Å². The first-order valence-corrected chi connectivity index (χ1v) is 10.4. The maximum absolute atomic E-state index is 13.8. The van der Waals surface area contributed by atoms with Gasteiger partial charge >= 0.3 is 0 Å². The van der Waals surface area contributed by atoms with Crippen molar-refractivity contribution in [2.45, 2.75) is 17.9 Å². The first-order valence-electron chi connectivity index (χ1n) is 8.95. The summed E-state index contributed by atoms with van der Waals surface area (Å²) in [4.78, 5) is 14.3. The fraction of sp³-hybridized carbons (Fsp3) is 0.316. The maximum Gasteiger partial charge on any atom is 0.243 e. The molecule has 1 N–H and O–H groups in total. The van der Waals surface area contributed by atoms with E-state index < -0.39 is 45.1 Å². The van der Waals surface area contributed by atoms with Gasteiger partial charge in [0.05, 0.1) is 16.6 Å². The number of carbonyl (C=O) groups is 1. The first kappa shape index (κ1) is 21.3. The van der Waals surface area contributed by atoms with Crippen LogP contribution in [0.15, 0.2) is 47.4 Å². The van der Waals surface area contributed by atoms with Crippen molar-refractivity contribution in [2.24, 2.45) is 0 Å². The third-order valence-corrected chi connectivity index (χ3v) is 6.79. The third kappa shape index (κ3) is 4.44. The molecule has 1 atom stereocenters. The molecule has 0 spiro atoms. The number of carbonyl (C=O) groups excluding carboxylic acids is 1. The summed E-state index contributed by atoms with van der Waals surface area (Å²) in [5, 5.41) is 2.25. The number of amides is 1. The van der Waals surface area contributed by atoms with Crippen molar-refractivity contribution < 1.29 is 26.4 Å². The zero-order valence-electron chi connectivity index (χ0n) is 15.6. The number of nitrogens with one attached hydrogen (secondary N) is 1. The lowest BCUT2D eigenvalue weighted by molar-refractivity contribution is -0.121. The van der Waals surface area contributed by atoms with Gasteiger partial charge in [0.2, 0.25) is 15.9 Å². The first-order chi connectivity index (χ1) is 13.7. The SMILES string of the molecule is C[C@H](C(=O)Nc1ccc(F)c(F)c1F)N1CCN(S(=O)(=O)c2ccccc2)CC1. The molecule has 3 rings (SSSR count). The molecule has 0 aromatic heterocycles. The van der Waals surface area contributed by atoms with E-state index >= 15 is 0 Å². The van der Waals surface area contributed by atoms with Gasteiger partial charge in [0.25, 0.3) is 0 Å². The van der Waals surface area contributed by atoms with Gasteiger partial charge in [-0.2, -0.15) is 4.31 Å². The van der Waals surface area contributed by atoms with Crippen LogP contribution < -0.4 is 5.32 Å². The van der Waals surface area contributed by atoms with Gasteiger partial charge in [-0.3, -0.25) is 9.69 Å². The lowest BCUT2D eigenvalue weighted by Crippen LogP contribution is -2.53. The summed E-state index contributed by atoms with van der Waals surface area (Å²) in [6.45, 7) is 2.54. The van der Waals surface area contributed by atoms with Crippen LogP contribution >= 0.6 is 0 Å². The van der Waals surface area contributed by atoms with Crippen LogP contribution in [0.25, 0.3) is 0 Å². The highest BCUT2D eigenvalue weighted by atomic mass is 32.2. The van der Waals surface area contributed by atoms with Gasteiger partial charge in [-0.25, -0.2) is 21.6 Å². The number of hydrogen-bond acceptors (Lipinski definition) is 4. The standard InChI is InChI=1S/C19H20F3N3O3S/c1-13(19(26)23-16-8-7-15(20)17(21)18(16)22)24-9-11-25(12-10-24)29(27,28)14-5-3-2-4-6-14/h2-8,13H,9-12H2,1H3,(H,23,26)/t13-/m1/s1. The molecule has 1 aliphatic heterocycles. The minimum Gasteiger partial charge on any atom is -0.322 e. The topological polar surface area (TPSA) is 69.7 Å². The molecule has 1 amide bonds. The van der Waals surface area contributed by atoms with Crippen LogP contribution in [0.4, 0.5) is 18.9 Å². The Kier molecular flexibility index (Phi) is 6.25. The molecule has 156 valence electrons. The average Bonchev–Trinajstić information content (AvgIpc) is 2.74. The molecular formula is C19H20F3N3O3S. The lowest BCUT2D eigenvalue weighted by Gasteiger charge is -2.36. The Labute approximate surface area is 167 Å². The number of anilines is 1. The normalized spacial score (nSPS) is 17.1. The zero-order valence-corrected chi connectivity index (χ0v) is 16.4. The number of hydrogen-bond donors (Lipinski definition) is 1. The van der Waals surface area contributed by atoms with Crippen molar-refractivity contribution in [3.05, 3.63) is 59.9 Å². The van der Waals surface area contributed by atoms with E-state index in [1.165, 1.54) is 16.4 Å². The van der Waals surface area contributed by atoms with E-state index in [2.05, 4.69) is 5.32 Å². The van der Waals surface area contributed by atoms with Crippen LogP contribution in [-0.2, 0) is 14.8 Å². The number of piperazine rings is 1. The van der Waals surface area contributed by atoms with E-state index in [0.717, 1.165) is 12.1 Å². The highest BCUT2D eigenvalue weighted by Gasteiger charge is 2.32. The summed E-state index contributed by atoms with van der Waals surface area (Å²) in [6.07, 6.45) is 0. The van der Waals surface area contributed by atoms with E-state index in [1.54, 1.807) is 30.0 Å². The zero-order chi connectivity index (χ0) is 21.2. The molecule has 10 heteroatoms. The summed E-state index contributed by atoms with van der Waals surface area (Å²) < 4.78 is 66.7. The Hall–Kier alpha value is -2.43. The Morgan fingerprint density at radius 1 is 0.966 bits per heavy atom. The maximum atomic E-state index is 13.8. The summed E-state index contributed by atoms with van der Waals surface area (Å²) in [5.74, 6) is -5.07. The second-order valence-corrected chi connectivity index (χ2v) is 8.58. The number of nitrogens with zero attached hydrogens (tertiary/aromatic N) is 2. The Bertz CT molecular complexity index is 995. The number of benzene rings is 2. The molecule has 2 aromatic rings. The van der Waals surface area contributed by atoms with Crippen molar-refractivity contribution in [1.29, 1.82) is 0 Å². The molecule has 0 radical (unpaired) electrons. The summed E-state index contributed by atoms with van der Waals surface area (Å²) >= 11 is 0. The monoisotopic (exact) mass is 427 g/mol. The smallest absolute Gasteiger partial charge is 0.243 e. The molecule has 2 aromatic carbocycles. The van der Waals surface area contributed by atoms with E-state index in [9.17, 15) is 26.4 Å². The fourth-order valence-electron chi connectivity index (χ4n) is 3.10. The van der Waals surface area contributed by atoms with Gasteiger partial charge in [0, 0.05) is 26.2 Å². The van der Waals surface area contributed by atoms with Gasteiger partial charge in [0.1, 0.15) is 0 Å². The second-order valence-electron chi connectivity index (χ2n) is 6.64. The van der Waals surface area contributed by atoms with Crippen molar-refractivity contribution >= 4 is 21.6 Å². The number of sulfonamides is 1. The van der Waals surface area contributed by atoms with Crippen LogP contribution in [0.1, 0.15) is 6.92 Å². The highest BCUT2D eigenvalue weighted by molar-refractivity contribution is 7.89. The van der Waals surface area contributed by atoms with Crippen molar-refractivity contribution in [3.8, 4) is 0 Å². The van der Waals surface area contributed by atoms with Gasteiger partial charge in [-0.05, 0) is 31.2 Å². The summed E-state index contributed by atoms with van der Waals surface area (Å²) in [6, 6.07) is 9.02. The van der Waals surface area contributed by atoms with Crippen molar-refractivity contribution in [1.82, 2.24) is 9.21 Å². The quantitative estimate of drug-likeness (QED) is 0.745. The molecule has 29 heavy (non-hydrogen) atoms. The molecule has 0 unspecified atom stereocenters. The predicted molar refractivity (Wildman–Crippen MR) is 101 cm³/mol. The second kappa shape index (κ2) is 8.52. The average molecular weight is 427 g/mol. The molecule has 1 fully saturated rings. The third-order valence-electron chi connectivity index (χ3n) is 4.87. The van der Waals surface area contributed by atoms with Crippen LogP contribution in [0.3, 0.4) is 0 Å². The predicted octanol–water partition coefficient (Wildman–Crippen LogP) is 2.44. The molecule has 1 saturated heterocycles. The molecular weight excluding hydrogens is 407 g/mol. The van der Waals surface area contributed by atoms with Crippen molar-refractivity contribution in [3.63, 3.8) is 0 Å². The largest absolute Gasteiger partial charge is 0.322 e. The van der Waals surface area contributed by atoms with Crippen molar-refractivity contribution in [2.75, 3.05) is 31.5 Å². The molecule has 0 saturated carbocycles. The highest BCUT2D eigenvalue weighted by Crippen LogP contribution is 2.21. The van der Waals surface area contributed by atoms with Crippen LogP contribution in [-0.4, -0.2) is 55.8 Å². The van der Waals surface area contributed by atoms with E-state index in [-0.39, 0.29) is 18.0 Å². The molecule has 0 bridgehead atoms. The minimum absolute atomic E-state index is 0.189. The molecule has 0 aliphatic carbocycles. The van der Waals surface area contributed by atoms with E-state index in [0.29, 0.717) is 13.1 Å². The van der Waals surface area contributed by atoms with Gasteiger partial charge in [-0.1, -0.05) is 18.2 Å². The minimum atomic E-state index is -3.62. The summed E-state index contributed by atoms with van der Waals surface area (Å²) in [5.41, 5.74) is -0.453. The molecule has 1 aliphatic rings. The van der Waals surface area contributed by atoms with Crippen LogP contribution in [0.5, 0.6) is 0 Å². The van der Waals surface area contributed by atoms with Gasteiger partial charge in [0.15, 0.2) is 17.5 Å². The van der Waals surface area contributed by atoms with E-state index in [4.69, 9.17) is 0 Å². The Morgan fingerprint density at radius 3 is 2.21 bits per heavy atom. The van der Waals surface area contributed by atoms with Gasteiger partial charge < -0.3 is 5.32 Å². The fourth-order valence-corrected chi connectivity index (χ4v) is 4.54. The lowest BCUT2D eigenvalue weighted by atomic mass is 10.2. The Morgan fingerprint density at radius 2 is 1.59 bits per heavy atom. The summed E-state index contributed by atoms with van der Waals surface area (Å²) in [7, 11) is -3.62. The van der Waals surface area contributed by atoms with E-state index in [1.807, 2.05) is 0 Å². The number of halogens is 3. The number of rotatable bonds is 5. The molecule has 6 nitrogen and oxygen atoms in total. The molecule has 1 heterocycles. The Balaban J connectivity index is 1.62. The van der Waals surface area contributed by atoms with Crippen LogP contribution in [0, 0.1) is 17.5 Å².